The van der Waals surface area contributed by atoms with Gasteiger partial charge >= 0.3 is 0 Å². The predicted octanol–water partition coefficient (Wildman–Crippen LogP) is 10.5. The quantitative estimate of drug-likeness (QED) is 0.204. The Hall–Kier alpha value is -5.67. The van der Waals surface area contributed by atoms with Crippen LogP contribution in [-0.2, 0) is 5.41 Å². The van der Waals surface area contributed by atoms with Gasteiger partial charge in [-0.3, -0.25) is 4.98 Å². The van der Waals surface area contributed by atoms with E-state index in [1.165, 1.54) is 27.8 Å². The lowest BCUT2D eigenvalue weighted by molar-refractivity contribution is 0.660. The Bertz CT molecular complexity index is 2050. The summed E-state index contributed by atoms with van der Waals surface area (Å²) in [4.78, 5) is 15.0. The summed E-state index contributed by atoms with van der Waals surface area (Å²) in [5, 5.41) is 0. The maximum atomic E-state index is 5.16. The van der Waals surface area contributed by atoms with Crippen molar-refractivity contribution in [1.29, 1.82) is 0 Å². The highest BCUT2D eigenvalue weighted by atomic mass is 14.9. The lowest BCUT2D eigenvalue weighted by Gasteiger charge is -2.22. The molecule has 45 heavy (non-hydrogen) atoms. The topological polar surface area (TPSA) is 38.7 Å². The number of aromatic nitrogens is 3. The summed E-state index contributed by atoms with van der Waals surface area (Å²) in [5.41, 5.74) is 14.3. The van der Waals surface area contributed by atoms with Gasteiger partial charge in [0.2, 0.25) is 0 Å². The molecule has 1 aliphatic carbocycles. The van der Waals surface area contributed by atoms with Crippen molar-refractivity contribution in [3.8, 4) is 67.4 Å². The Morgan fingerprint density at radius 1 is 0.400 bits per heavy atom. The third kappa shape index (κ3) is 4.83. The van der Waals surface area contributed by atoms with Gasteiger partial charge in [0.25, 0.3) is 0 Å². The normalized spacial score (nSPS) is 12.8. The van der Waals surface area contributed by atoms with Crippen LogP contribution in [0.15, 0.2) is 152 Å². The summed E-state index contributed by atoms with van der Waals surface area (Å²) in [6, 6.07) is 51.0. The molecule has 0 bridgehead atoms. The first-order chi connectivity index (χ1) is 22.0. The Morgan fingerprint density at radius 2 is 0.956 bits per heavy atom. The summed E-state index contributed by atoms with van der Waals surface area (Å²) in [6.07, 6.45) is 1.92. The van der Waals surface area contributed by atoms with Crippen LogP contribution < -0.4 is 0 Å². The molecule has 214 valence electrons. The summed E-state index contributed by atoms with van der Waals surface area (Å²) in [6.45, 7) is 4.62. The van der Waals surface area contributed by atoms with Crippen molar-refractivity contribution in [2.24, 2.45) is 0 Å². The molecule has 0 atom stereocenters. The van der Waals surface area contributed by atoms with E-state index < -0.39 is 0 Å². The molecule has 1 aliphatic rings. The Morgan fingerprint density at radius 3 is 1.67 bits per heavy atom. The van der Waals surface area contributed by atoms with Gasteiger partial charge in [0.15, 0.2) is 5.82 Å². The maximum Gasteiger partial charge on any atom is 0.160 e. The van der Waals surface area contributed by atoms with Crippen LogP contribution in [0.25, 0.3) is 67.4 Å². The number of hydrogen-bond acceptors (Lipinski definition) is 3. The van der Waals surface area contributed by atoms with Gasteiger partial charge in [0.05, 0.1) is 17.1 Å². The van der Waals surface area contributed by atoms with Crippen molar-refractivity contribution in [1.82, 2.24) is 15.0 Å². The van der Waals surface area contributed by atoms with Gasteiger partial charge in [-0.15, -0.1) is 0 Å². The number of benzene rings is 5. The van der Waals surface area contributed by atoms with Crippen LogP contribution in [0.4, 0.5) is 0 Å². The Labute approximate surface area is 264 Å². The number of pyridine rings is 1. The highest BCUT2D eigenvalue weighted by Crippen LogP contribution is 2.49. The highest BCUT2D eigenvalue weighted by molar-refractivity contribution is 5.84. The summed E-state index contributed by atoms with van der Waals surface area (Å²) < 4.78 is 0. The molecule has 0 spiro atoms. The van der Waals surface area contributed by atoms with E-state index in [0.717, 1.165) is 44.9 Å². The van der Waals surface area contributed by atoms with Crippen molar-refractivity contribution in [3.05, 3.63) is 163 Å². The minimum atomic E-state index is -0.0922. The van der Waals surface area contributed by atoms with Crippen LogP contribution in [0.5, 0.6) is 0 Å². The minimum Gasteiger partial charge on any atom is -0.256 e. The fourth-order valence-electron chi connectivity index (χ4n) is 6.50. The first-order valence-electron chi connectivity index (χ1n) is 15.4. The number of rotatable bonds is 5. The van der Waals surface area contributed by atoms with Gasteiger partial charge in [-0.1, -0.05) is 135 Å². The zero-order valence-electron chi connectivity index (χ0n) is 25.3. The van der Waals surface area contributed by atoms with Crippen LogP contribution in [-0.4, -0.2) is 15.0 Å². The number of fused-ring (bicyclic) bond motifs is 3. The third-order valence-corrected chi connectivity index (χ3v) is 8.98. The van der Waals surface area contributed by atoms with Gasteiger partial charge < -0.3 is 0 Å². The molecule has 0 saturated heterocycles. The molecule has 5 aromatic carbocycles. The minimum absolute atomic E-state index is 0.0922. The van der Waals surface area contributed by atoms with Crippen LogP contribution in [0.2, 0.25) is 0 Å². The van der Waals surface area contributed by atoms with E-state index in [4.69, 9.17) is 15.0 Å². The zero-order chi connectivity index (χ0) is 30.4. The summed E-state index contributed by atoms with van der Waals surface area (Å²) >= 11 is 0. The molecule has 0 fully saturated rings. The van der Waals surface area contributed by atoms with Crippen molar-refractivity contribution in [2.45, 2.75) is 19.3 Å². The molecule has 0 radical (unpaired) electrons. The van der Waals surface area contributed by atoms with Crippen molar-refractivity contribution in [3.63, 3.8) is 0 Å². The zero-order valence-corrected chi connectivity index (χ0v) is 25.3. The van der Waals surface area contributed by atoms with E-state index in [0.29, 0.717) is 5.82 Å². The number of nitrogens with zero attached hydrogens (tertiary/aromatic N) is 3. The molecule has 0 saturated carbocycles. The van der Waals surface area contributed by atoms with E-state index in [-0.39, 0.29) is 5.41 Å². The fourth-order valence-corrected chi connectivity index (χ4v) is 6.50. The second-order valence-electron chi connectivity index (χ2n) is 12.1. The molecule has 0 amide bonds. The molecule has 0 aliphatic heterocycles. The van der Waals surface area contributed by atoms with Crippen LogP contribution in [0.3, 0.4) is 0 Å². The average Bonchev–Trinajstić information content (AvgIpc) is 3.34. The summed E-state index contributed by atoms with van der Waals surface area (Å²) in [7, 11) is 0. The maximum absolute atomic E-state index is 5.16. The average molecular weight is 578 g/mol. The lowest BCUT2D eigenvalue weighted by Crippen LogP contribution is -2.14. The smallest absolute Gasteiger partial charge is 0.160 e. The Kier molecular flexibility index (Phi) is 6.46. The van der Waals surface area contributed by atoms with E-state index in [9.17, 15) is 0 Å². The first kappa shape index (κ1) is 26.9. The van der Waals surface area contributed by atoms with Gasteiger partial charge in [-0.05, 0) is 57.6 Å². The second kappa shape index (κ2) is 10.8. The van der Waals surface area contributed by atoms with E-state index in [2.05, 4.69) is 135 Å². The molecular formula is C42H31N3. The molecule has 3 nitrogen and oxygen atoms in total. The number of hydrogen-bond donors (Lipinski definition) is 0. The standard InChI is InChI=1S/C42H31N3/c1-42(2)36-16-10-9-15-34(36)35-23-21-32(25-37(35)42)39-26-40(33-22-24-38(43-27-33)30-13-7-4-8-14-30)45-41(44-39)31-19-17-29(18-20-31)28-11-5-3-6-12-28/h3-27H,1-2H3. The molecule has 3 heteroatoms. The molecule has 2 aromatic heterocycles. The monoisotopic (exact) mass is 577 g/mol. The van der Waals surface area contributed by atoms with E-state index in [1.54, 1.807) is 0 Å². The van der Waals surface area contributed by atoms with Crippen molar-refractivity contribution >= 4 is 0 Å². The van der Waals surface area contributed by atoms with Crippen molar-refractivity contribution in [2.75, 3.05) is 0 Å². The SMILES string of the molecule is CC1(C)c2ccccc2-c2ccc(-c3cc(-c4ccc(-c5ccccc5)nc4)nc(-c4ccc(-c5ccccc5)cc4)n3)cc21. The highest BCUT2D eigenvalue weighted by Gasteiger charge is 2.35. The van der Waals surface area contributed by atoms with Gasteiger partial charge in [0, 0.05) is 33.9 Å². The largest absolute Gasteiger partial charge is 0.256 e. The van der Waals surface area contributed by atoms with Gasteiger partial charge in [-0.25, -0.2) is 9.97 Å². The van der Waals surface area contributed by atoms with Crippen LogP contribution >= 0.6 is 0 Å². The van der Waals surface area contributed by atoms with Gasteiger partial charge in [-0.2, -0.15) is 0 Å². The molecule has 8 rings (SSSR count). The third-order valence-electron chi connectivity index (χ3n) is 8.98. The molecule has 2 heterocycles. The molecule has 0 unspecified atom stereocenters. The van der Waals surface area contributed by atoms with E-state index in [1.807, 2.05) is 30.5 Å². The Balaban J connectivity index is 1.24. The first-order valence-corrected chi connectivity index (χ1v) is 15.4. The van der Waals surface area contributed by atoms with E-state index >= 15 is 0 Å². The summed E-state index contributed by atoms with van der Waals surface area (Å²) in [5.74, 6) is 0.692. The van der Waals surface area contributed by atoms with Crippen LogP contribution in [0, 0.1) is 0 Å². The van der Waals surface area contributed by atoms with Crippen LogP contribution in [0.1, 0.15) is 25.0 Å². The molecule has 0 N–H and O–H groups in total. The molecule has 7 aromatic rings. The fraction of sp³-hybridized carbons (Fsp3) is 0.0714. The van der Waals surface area contributed by atoms with Gasteiger partial charge in [0.1, 0.15) is 0 Å². The van der Waals surface area contributed by atoms with Crippen molar-refractivity contribution < 1.29 is 0 Å². The molecular weight excluding hydrogens is 546 g/mol. The lowest BCUT2D eigenvalue weighted by atomic mass is 9.82. The second-order valence-corrected chi connectivity index (χ2v) is 12.1. The predicted molar refractivity (Wildman–Crippen MR) is 185 cm³/mol.